The maximum absolute atomic E-state index is 12.1. The molecule has 3 rings (SSSR count). The second-order valence-corrected chi connectivity index (χ2v) is 4.94. The molecule has 0 unspecified atom stereocenters. The van der Waals surface area contributed by atoms with Gasteiger partial charge in [-0.2, -0.15) is 0 Å². The van der Waals surface area contributed by atoms with E-state index in [4.69, 9.17) is 4.42 Å². The van der Waals surface area contributed by atoms with Crippen LogP contribution in [-0.4, -0.2) is 20.1 Å². The van der Waals surface area contributed by atoms with Gasteiger partial charge >= 0.3 is 11.3 Å². The fourth-order valence-corrected chi connectivity index (χ4v) is 2.18. The molecule has 1 heterocycles. The standard InChI is InChI=1S/C15H10N2O6/c1-7-2-3-12-9(4-7)16-13(15(20)23-12)8-5-10(17(21)22)14(19)11(18)6-8/h2-6,18-19H,1H3. The molecule has 0 fully saturated rings. The first-order valence-electron chi connectivity index (χ1n) is 6.49. The van der Waals surface area contributed by atoms with Crippen LogP contribution in [0.2, 0.25) is 0 Å². The Hall–Kier alpha value is -3.42. The molecule has 0 saturated carbocycles. The molecule has 8 heteroatoms. The van der Waals surface area contributed by atoms with Crippen molar-refractivity contribution in [1.29, 1.82) is 0 Å². The van der Waals surface area contributed by atoms with Crippen molar-refractivity contribution >= 4 is 16.8 Å². The van der Waals surface area contributed by atoms with Crippen LogP contribution in [0.25, 0.3) is 22.4 Å². The maximum atomic E-state index is 12.1. The van der Waals surface area contributed by atoms with E-state index in [2.05, 4.69) is 4.98 Å². The molecule has 23 heavy (non-hydrogen) atoms. The van der Waals surface area contributed by atoms with Crippen LogP contribution in [0.15, 0.2) is 39.5 Å². The Labute approximate surface area is 128 Å². The highest BCUT2D eigenvalue weighted by Crippen LogP contribution is 2.38. The summed E-state index contributed by atoms with van der Waals surface area (Å²) in [6, 6.07) is 7.01. The molecule has 0 radical (unpaired) electrons. The Morgan fingerprint density at radius 2 is 1.96 bits per heavy atom. The fraction of sp³-hybridized carbons (Fsp3) is 0.0667. The number of hydrogen-bond acceptors (Lipinski definition) is 7. The lowest BCUT2D eigenvalue weighted by atomic mass is 10.1. The number of nitro benzene ring substituents is 1. The first-order valence-corrected chi connectivity index (χ1v) is 6.49. The largest absolute Gasteiger partial charge is 0.504 e. The smallest absolute Gasteiger partial charge is 0.363 e. The Bertz CT molecular complexity index is 1010. The number of nitro groups is 1. The van der Waals surface area contributed by atoms with Gasteiger partial charge < -0.3 is 14.6 Å². The van der Waals surface area contributed by atoms with Crippen LogP contribution in [0.3, 0.4) is 0 Å². The second-order valence-electron chi connectivity index (χ2n) is 4.94. The first kappa shape index (κ1) is 14.5. The minimum atomic E-state index is -0.875. The van der Waals surface area contributed by atoms with Crippen molar-refractivity contribution in [1.82, 2.24) is 4.98 Å². The van der Waals surface area contributed by atoms with Crippen LogP contribution in [0.5, 0.6) is 11.5 Å². The van der Waals surface area contributed by atoms with Gasteiger partial charge in [0.05, 0.1) is 4.92 Å². The predicted molar refractivity (Wildman–Crippen MR) is 80.4 cm³/mol. The lowest BCUT2D eigenvalue weighted by Crippen LogP contribution is -2.06. The number of rotatable bonds is 2. The molecular formula is C15H10N2O6. The highest BCUT2D eigenvalue weighted by Gasteiger charge is 2.21. The molecule has 0 aliphatic carbocycles. The van der Waals surface area contributed by atoms with Crippen molar-refractivity contribution in [3.63, 3.8) is 0 Å². The van der Waals surface area contributed by atoms with Gasteiger partial charge in [-0.1, -0.05) is 6.07 Å². The van der Waals surface area contributed by atoms with Crippen LogP contribution in [0, 0.1) is 17.0 Å². The maximum Gasteiger partial charge on any atom is 0.363 e. The average molecular weight is 314 g/mol. The monoisotopic (exact) mass is 314 g/mol. The van der Waals surface area contributed by atoms with Crippen LogP contribution in [0.1, 0.15) is 5.56 Å². The number of aromatic hydroxyl groups is 2. The first-order chi connectivity index (χ1) is 10.9. The molecule has 3 aromatic rings. The molecule has 0 atom stereocenters. The third kappa shape index (κ3) is 2.46. The minimum Gasteiger partial charge on any atom is -0.504 e. The predicted octanol–water partition coefficient (Wildman–Crippen LogP) is 2.48. The van der Waals surface area contributed by atoms with E-state index in [1.165, 1.54) is 0 Å². The molecule has 116 valence electrons. The van der Waals surface area contributed by atoms with E-state index in [0.717, 1.165) is 17.7 Å². The molecule has 0 amide bonds. The van der Waals surface area contributed by atoms with Crippen molar-refractivity contribution in [2.24, 2.45) is 0 Å². The molecular weight excluding hydrogens is 304 g/mol. The number of nitrogens with zero attached hydrogens (tertiary/aromatic N) is 2. The van der Waals surface area contributed by atoms with E-state index in [1.54, 1.807) is 18.2 Å². The third-order valence-electron chi connectivity index (χ3n) is 3.28. The van der Waals surface area contributed by atoms with Crippen molar-refractivity contribution in [3.8, 4) is 22.8 Å². The summed E-state index contributed by atoms with van der Waals surface area (Å²) in [5.41, 5.74) is -0.182. The van der Waals surface area contributed by atoms with Gasteiger partial charge in [0, 0.05) is 11.6 Å². The normalized spacial score (nSPS) is 10.8. The number of aromatic nitrogens is 1. The molecule has 8 nitrogen and oxygen atoms in total. The number of fused-ring (bicyclic) bond motifs is 1. The summed E-state index contributed by atoms with van der Waals surface area (Å²) in [6.45, 7) is 1.84. The van der Waals surface area contributed by atoms with E-state index in [9.17, 15) is 25.1 Å². The number of aryl methyl sites for hydroxylation is 1. The summed E-state index contributed by atoms with van der Waals surface area (Å²) in [4.78, 5) is 26.3. The van der Waals surface area contributed by atoms with Gasteiger partial charge in [-0.3, -0.25) is 10.1 Å². The van der Waals surface area contributed by atoms with Crippen molar-refractivity contribution in [2.45, 2.75) is 6.92 Å². The summed E-state index contributed by atoms with van der Waals surface area (Å²) < 4.78 is 5.14. The van der Waals surface area contributed by atoms with E-state index in [1.807, 2.05) is 6.92 Å². The quantitative estimate of drug-likeness (QED) is 0.422. The topological polar surface area (TPSA) is 127 Å². The zero-order valence-corrected chi connectivity index (χ0v) is 11.8. The highest BCUT2D eigenvalue weighted by atomic mass is 16.6. The van der Waals surface area contributed by atoms with E-state index in [0.29, 0.717) is 5.52 Å². The Morgan fingerprint density at radius 1 is 1.22 bits per heavy atom. The molecule has 0 spiro atoms. The number of benzene rings is 2. The lowest BCUT2D eigenvalue weighted by molar-refractivity contribution is -0.385. The van der Waals surface area contributed by atoms with Gasteiger partial charge in [-0.15, -0.1) is 0 Å². The summed E-state index contributed by atoms with van der Waals surface area (Å²) in [7, 11) is 0. The Kier molecular flexibility index (Phi) is 3.21. The molecule has 2 N–H and O–H groups in total. The Morgan fingerprint density at radius 3 is 2.65 bits per heavy atom. The zero-order valence-electron chi connectivity index (χ0n) is 11.8. The van der Waals surface area contributed by atoms with E-state index in [-0.39, 0.29) is 16.8 Å². The third-order valence-corrected chi connectivity index (χ3v) is 3.28. The van der Waals surface area contributed by atoms with Crippen LogP contribution in [0.4, 0.5) is 5.69 Å². The van der Waals surface area contributed by atoms with Gasteiger partial charge in [-0.25, -0.2) is 9.78 Å². The van der Waals surface area contributed by atoms with Crippen molar-refractivity contribution in [3.05, 3.63) is 56.4 Å². The molecule has 0 aliphatic heterocycles. The summed E-state index contributed by atoms with van der Waals surface area (Å²) >= 11 is 0. The van der Waals surface area contributed by atoms with E-state index >= 15 is 0 Å². The SMILES string of the molecule is Cc1ccc2oc(=O)c(-c3cc(O)c(O)c([N+](=O)[O-])c3)nc2c1. The van der Waals surface area contributed by atoms with Gasteiger partial charge in [-0.05, 0) is 30.7 Å². The number of phenolic OH excluding ortho intramolecular Hbond substituents is 2. The lowest BCUT2D eigenvalue weighted by Gasteiger charge is -2.05. The minimum absolute atomic E-state index is 0.0239. The molecule has 0 bridgehead atoms. The average Bonchev–Trinajstić information content (AvgIpc) is 2.49. The van der Waals surface area contributed by atoms with Gasteiger partial charge in [0.2, 0.25) is 5.75 Å². The van der Waals surface area contributed by atoms with Crippen LogP contribution >= 0.6 is 0 Å². The van der Waals surface area contributed by atoms with Gasteiger partial charge in [0.15, 0.2) is 17.0 Å². The molecule has 0 saturated heterocycles. The number of phenols is 2. The van der Waals surface area contributed by atoms with Gasteiger partial charge in [0.1, 0.15) is 5.52 Å². The van der Waals surface area contributed by atoms with Crippen LogP contribution < -0.4 is 5.63 Å². The molecule has 1 aromatic heterocycles. The fourth-order valence-electron chi connectivity index (χ4n) is 2.18. The molecule has 2 aromatic carbocycles. The van der Waals surface area contributed by atoms with Gasteiger partial charge in [0.25, 0.3) is 0 Å². The second kappa shape index (κ2) is 5.09. The molecule has 0 aliphatic rings. The zero-order chi connectivity index (χ0) is 16.7. The van der Waals surface area contributed by atoms with Crippen LogP contribution in [-0.2, 0) is 0 Å². The van der Waals surface area contributed by atoms with Crippen molar-refractivity contribution in [2.75, 3.05) is 0 Å². The number of hydrogen-bond donors (Lipinski definition) is 2. The Balaban J connectivity index is 2.30. The van der Waals surface area contributed by atoms with E-state index < -0.39 is 27.7 Å². The summed E-state index contributed by atoms with van der Waals surface area (Å²) in [5, 5.41) is 30.0. The highest BCUT2D eigenvalue weighted by molar-refractivity contribution is 5.77. The summed E-state index contributed by atoms with van der Waals surface area (Å²) in [6.07, 6.45) is 0. The van der Waals surface area contributed by atoms with Crippen molar-refractivity contribution < 1.29 is 19.6 Å². The summed E-state index contributed by atoms with van der Waals surface area (Å²) in [5.74, 6) is -1.60.